The monoisotopic (exact) mass is 228 g/mol. The van der Waals surface area contributed by atoms with Crippen molar-refractivity contribution in [2.75, 3.05) is 13.2 Å². The Balaban J connectivity index is 2.04. The summed E-state index contributed by atoms with van der Waals surface area (Å²) in [6.07, 6.45) is 2.87. The van der Waals surface area contributed by atoms with E-state index in [0.717, 1.165) is 30.5 Å². The van der Waals surface area contributed by atoms with Gasteiger partial charge in [-0.15, -0.1) is 0 Å². The number of pyridine rings is 1. The standard InChI is InChI=1S/C14H16N2O/c15-14(10-6-8-17-9-10)12-3-1-5-13-11(12)4-2-7-16-13/h1-5,7,10,14H,6,8-9,15H2. The molecule has 0 spiro atoms. The van der Waals surface area contributed by atoms with Crippen molar-refractivity contribution in [2.45, 2.75) is 12.5 Å². The Kier molecular flexibility index (Phi) is 2.79. The highest BCUT2D eigenvalue weighted by Crippen LogP contribution is 2.30. The summed E-state index contributed by atoms with van der Waals surface area (Å²) < 4.78 is 5.42. The fourth-order valence-corrected chi connectivity index (χ4v) is 2.51. The molecule has 88 valence electrons. The molecule has 0 amide bonds. The summed E-state index contributed by atoms with van der Waals surface area (Å²) in [6.45, 7) is 1.61. The van der Waals surface area contributed by atoms with E-state index in [-0.39, 0.29) is 6.04 Å². The largest absolute Gasteiger partial charge is 0.381 e. The number of fused-ring (bicyclic) bond motifs is 1. The molecule has 3 nitrogen and oxygen atoms in total. The highest BCUT2D eigenvalue weighted by atomic mass is 16.5. The number of nitrogens with two attached hydrogens (primary N) is 1. The van der Waals surface area contributed by atoms with Crippen LogP contribution in [-0.2, 0) is 4.74 Å². The molecule has 1 saturated heterocycles. The lowest BCUT2D eigenvalue weighted by molar-refractivity contribution is 0.181. The van der Waals surface area contributed by atoms with Gasteiger partial charge in [-0.1, -0.05) is 18.2 Å². The molecule has 2 heterocycles. The molecule has 0 aliphatic carbocycles. The van der Waals surface area contributed by atoms with Gasteiger partial charge in [-0.05, 0) is 24.1 Å². The van der Waals surface area contributed by atoms with Gasteiger partial charge in [-0.25, -0.2) is 0 Å². The normalized spacial score (nSPS) is 21.8. The minimum Gasteiger partial charge on any atom is -0.381 e. The van der Waals surface area contributed by atoms with Crippen molar-refractivity contribution in [2.24, 2.45) is 11.7 Å². The molecular formula is C14H16N2O. The molecule has 2 atom stereocenters. The third-order valence-electron chi connectivity index (χ3n) is 3.51. The number of rotatable bonds is 2. The predicted octanol–water partition coefficient (Wildman–Crippen LogP) is 2.27. The van der Waals surface area contributed by atoms with Gasteiger partial charge in [-0.2, -0.15) is 0 Å². The molecule has 2 unspecified atom stereocenters. The maximum atomic E-state index is 6.36. The first-order valence-electron chi connectivity index (χ1n) is 6.03. The van der Waals surface area contributed by atoms with Gasteiger partial charge in [-0.3, -0.25) is 4.98 Å². The summed E-state index contributed by atoms with van der Waals surface area (Å²) in [5, 5.41) is 1.16. The third kappa shape index (κ3) is 1.92. The molecule has 3 rings (SSSR count). The number of hydrogen-bond acceptors (Lipinski definition) is 3. The van der Waals surface area contributed by atoms with E-state index in [1.165, 1.54) is 5.56 Å². The summed E-state index contributed by atoms with van der Waals surface area (Å²) in [6, 6.07) is 10.3. The molecule has 1 aliphatic heterocycles. The molecular weight excluding hydrogens is 212 g/mol. The lowest BCUT2D eigenvalue weighted by atomic mass is 9.91. The van der Waals surface area contributed by atoms with E-state index in [4.69, 9.17) is 10.5 Å². The van der Waals surface area contributed by atoms with Crippen LogP contribution in [0.2, 0.25) is 0 Å². The molecule has 0 saturated carbocycles. The van der Waals surface area contributed by atoms with E-state index in [9.17, 15) is 0 Å². The summed E-state index contributed by atoms with van der Waals surface area (Å²) in [5.41, 5.74) is 8.56. The minimum absolute atomic E-state index is 0.0467. The van der Waals surface area contributed by atoms with Crippen molar-refractivity contribution in [3.8, 4) is 0 Å². The molecule has 1 fully saturated rings. The van der Waals surface area contributed by atoms with E-state index in [1.54, 1.807) is 0 Å². The van der Waals surface area contributed by atoms with Crippen molar-refractivity contribution in [3.63, 3.8) is 0 Å². The number of benzene rings is 1. The van der Waals surface area contributed by atoms with Crippen LogP contribution in [-0.4, -0.2) is 18.2 Å². The fraction of sp³-hybridized carbons (Fsp3) is 0.357. The van der Waals surface area contributed by atoms with Gasteiger partial charge in [0.1, 0.15) is 0 Å². The first-order chi connectivity index (χ1) is 8.36. The third-order valence-corrected chi connectivity index (χ3v) is 3.51. The maximum Gasteiger partial charge on any atom is 0.0705 e. The van der Waals surface area contributed by atoms with Crippen molar-refractivity contribution in [1.82, 2.24) is 4.98 Å². The zero-order chi connectivity index (χ0) is 11.7. The summed E-state index contributed by atoms with van der Waals surface area (Å²) in [4.78, 5) is 4.36. The van der Waals surface area contributed by atoms with Crippen LogP contribution in [0.25, 0.3) is 10.9 Å². The van der Waals surface area contributed by atoms with Gasteiger partial charge in [0.2, 0.25) is 0 Å². The lowest BCUT2D eigenvalue weighted by Gasteiger charge is -2.19. The molecule has 2 N–H and O–H groups in total. The number of ether oxygens (including phenoxy) is 1. The average molecular weight is 228 g/mol. The van der Waals surface area contributed by atoms with Gasteiger partial charge < -0.3 is 10.5 Å². The van der Waals surface area contributed by atoms with Crippen LogP contribution in [0.1, 0.15) is 18.0 Å². The van der Waals surface area contributed by atoms with Gasteiger partial charge >= 0.3 is 0 Å². The van der Waals surface area contributed by atoms with Gasteiger partial charge in [0.15, 0.2) is 0 Å². The second-order valence-corrected chi connectivity index (χ2v) is 4.57. The second-order valence-electron chi connectivity index (χ2n) is 4.57. The Hall–Kier alpha value is -1.45. The smallest absolute Gasteiger partial charge is 0.0705 e. The summed E-state index contributed by atoms with van der Waals surface area (Å²) >= 11 is 0. The molecule has 1 aliphatic rings. The Morgan fingerprint density at radius 1 is 1.29 bits per heavy atom. The Bertz CT molecular complexity index is 515. The van der Waals surface area contributed by atoms with Crippen molar-refractivity contribution in [3.05, 3.63) is 42.1 Å². The highest BCUT2D eigenvalue weighted by Gasteiger charge is 2.25. The number of nitrogens with zero attached hydrogens (tertiary/aromatic N) is 1. The Labute approximate surface area is 101 Å². The SMILES string of the molecule is NC(c1cccc2ncccc12)C1CCOC1. The van der Waals surface area contributed by atoms with E-state index >= 15 is 0 Å². The zero-order valence-corrected chi connectivity index (χ0v) is 9.67. The van der Waals surface area contributed by atoms with Crippen LogP contribution in [0.3, 0.4) is 0 Å². The van der Waals surface area contributed by atoms with Gasteiger partial charge in [0.25, 0.3) is 0 Å². The van der Waals surface area contributed by atoms with Crippen LogP contribution in [0.15, 0.2) is 36.5 Å². The maximum absolute atomic E-state index is 6.36. The van der Waals surface area contributed by atoms with Crippen LogP contribution >= 0.6 is 0 Å². The summed E-state index contributed by atoms with van der Waals surface area (Å²) in [5.74, 6) is 0.431. The van der Waals surface area contributed by atoms with Gasteiger partial charge in [0.05, 0.1) is 12.1 Å². The Morgan fingerprint density at radius 2 is 2.24 bits per heavy atom. The highest BCUT2D eigenvalue weighted by molar-refractivity contribution is 5.82. The fourth-order valence-electron chi connectivity index (χ4n) is 2.51. The lowest BCUT2D eigenvalue weighted by Crippen LogP contribution is -2.21. The molecule has 1 aromatic heterocycles. The van der Waals surface area contributed by atoms with Gasteiger partial charge in [0, 0.05) is 30.1 Å². The van der Waals surface area contributed by atoms with E-state index in [2.05, 4.69) is 17.1 Å². The quantitative estimate of drug-likeness (QED) is 0.857. The molecule has 3 heteroatoms. The van der Waals surface area contributed by atoms with Crippen LogP contribution in [0, 0.1) is 5.92 Å². The van der Waals surface area contributed by atoms with Crippen molar-refractivity contribution < 1.29 is 4.74 Å². The molecule has 1 aromatic carbocycles. The molecule has 2 aromatic rings. The average Bonchev–Trinajstić information content (AvgIpc) is 2.91. The second kappa shape index (κ2) is 4.43. The van der Waals surface area contributed by atoms with Crippen LogP contribution in [0.4, 0.5) is 0 Å². The molecule has 17 heavy (non-hydrogen) atoms. The topological polar surface area (TPSA) is 48.1 Å². The first kappa shape index (κ1) is 10.7. The molecule has 0 radical (unpaired) electrons. The minimum atomic E-state index is 0.0467. The first-order valence-corrected chi connectivity index (χ1v) is 6.03. The number of aromatic nitrogens is 1. The zero-order valence-electron chi connectivity index (χ0n) is 9.67. The van der Waals surface area contributed by atoms with Crippen molar-refractivity contribution >= 4 is 10.9 Å². The summed E-state index contributed by atoms with van der Waals surface area (Å²) in [7, 11) is 0. The van der Waals surface area contributed by atoms with Crippen LogP contribution < -0.4 is 5.73 Å². The molecule has 0 bridgehead atoms. The van der Waals surface area contributed by atoms with Crippen LogP contribution in [0.5, 0.6) is 0 Å². The Morgan fingerprint density at radius 3 is 3.06 bits per heavy atom. The van der Waals surface area contributed by atoms with E-state index < -0.39 is 0 Å². The predicted molar refractivity (Wildman–Crippen MR) is 67.6 cm³/mol. The van der Waals surface area contributed by atoms with E-state index in [0.29, 0.717) is 5.92 Å². The number of hydrogen-bond donors (Lipinski definition) is 1. The van der Waals surface area contributed by atoms with Crippen molar-refractivity contribution in [1.29, 1.82) is 0 Å². The van der Waals surface area contributed by atoms with E-state index in [1.807, 2.05) is 24.4 Å².